The number of piperidine rings is 1. The fraction of sp³-hybridized carbons (Fsp3) is 0.261. The van der Waals surface area contributed by atoms with Crippen LogP contribution in [0.1, 0.15) is 19.3 Å². The summed E-state index contributed by atoms with van der Waals surface area (Å²) >= 11 is 0. The predicted octanol–water partition coefficient (Wildman–Crippen LogP) is 5.04. The van der Waals surface area contributed by atoms with E-state index in [9.17, 15) is 18.0 Å². The lowest BCUT2D eigenvalue weighted by molar-refractivity contribution is -0.138. The van der Waals surface area contributed by atoms with Gasteiger partial charge in [0.25, 0.3) is 0 Å². The molecule has 1 aliphatic heterocycles. The lowest BCUT2D eigenvalue weighted by Crippen LogP contribution is -2.35. The molecule has 1 saturated heterocycles. The smallest absolute Gasteiger partial charge is 0.303 e. The van der Waals surface area contributed by atoms with E-state index in [1.807, 2.05) is 0 Å². The standard InChI is InChI=1S/C23H20F3N3O3/c24-16-1-3-17(4-2-16)32-21-13-27-12-20(28-21)15-10-18(25)23(19(26)11-15)29-7-5-14(6-8-29)9-22(30)31/h1-4,10-14H,5-9H2,(H,30,31). The van der Waals surface area contributed by atoms with E-state index in [0.717, 1.165) is 0 Å². The molecule has 0 aliphatic carbocycles. The lowest BCUT2D eigenvalue weighted by atomic mass is 9.93. The summed E-state index contributed by atoms with van der Waals surface area (Å²) in [7, 11) is 0. The van der Waals surface area contributed by atoms with Crippen molar-refractivity contribution < 1.29 is 27.8 Å². The molecular formula is C23H20F3N3O3. The van der Waals surface area contributed by atoms with Crippen molar-refractivity contribution in [3.05, 3.63) is 66.2 Å². The minimum absolute atomic E-state index is 0.00765. The van der Waals surface area contributed by atoms with Crippen molar-refractivity contribution in [2.24, 2.45) is 5.92 Å². The first-order valence-electron chi connectivity index (χ1n) is 10.1. The minimum atomic E-state index is -0.864. The second kappa shape index (κ2) is 9.25. The quantitative estimate of drug-likeness (QED) is 0.575. The molecule has 0 saturated carbocycles. The topological polar surface area (TPSA) is 75.5 Å². The maximum absolute atomic E-state index is 14.9. The molecule has 3 aromatic rings. The summed E-state index contributed by atoms with van der Waals surface area (Å²) in [6, 6.07) is 7.71. The van der Waals surface area contributed by atoms with E-state index in [2.05, 4.69) is 9.97 Å². The number of benzene rings is 2. The maximum atomic E-state index is 14.9. The number of nitrogens with zero attached hydrogens (tertiary/aromatic N) is 3. The van der Waals surface area contributed by atoms with E-state index >= 15 is 0 Å². The Morgan fingerprint density at radius 2 is 1.72 bits per heavy atom. The molecule has 0 radical (unpaired) electrons. The number of rotatable bonds is 6. The van der Waals surface area contributed by atoms with Gasteiger partial charge in [-0.2, -0.15) is 0 Å². The molecular weight excluding hydrogens is 423 g/mol. The van der Waals surface area contributed by atoms with Gasteiger partial charge in [-0.3, -0.25) is 9.78 Å². The van der Waals surface area contributed by atoms with E-state index in [1.54, 1.807) is 4.90 Å². The van der Waals surface area contributed by atoms with Gasteiger partial charge >= 0.3 is 5.97 Å². The zero-order valence-corrected chi connectivity index (χ0v) is 17.0. The first kappa shape index (κ1) is 21.6. The van der Waals surface area contributed by atoms with Crippen LogP contribution in [0.25, 0.3) is 11.3 Å². The van der Waals surface area contributed by atoms with Crippen molar-refractivity contribution in [3.8, 4) is 22.9 Å². The number of hydrogen-bond acceptors (Lipinski definition) is 5. The highest BCUT2D eigenvalue weighted by Gasteiger charge is 2.26. The van der Waals surface area contributed by atoms with Crippen LogP contribution < -0.4 is 9.64 Å². The Balaban J connectivity index is 1.52. The third-order valence-electron chi connectivity index (χ3n) is 5.36. The van der Waals surface area contributed by atoms with Crippen LogP contribution in [-0.2, 0) is 4.79 Å². The van der Waals surface area contributed by atoms with Gasteiger partial charge in [0.05, 0.1) is 18.1 Å². The lowest BCUT2D eigenvalue weighted by Gasteiger charge is -2.33. The summed E-state index contributed by atoms with van der Waals surface area (Å²) in [6.45, 7) is 0.762. The third kappa shape index (κ3) is 4.99. The molecule has 1 fully saturated rings. The highest BCUT2D eigenvalue weighted by Crippen LogP contribution is 2.33. The molecule has 6 nitrogen and oxygen atoms in total. The number of halogens is 3. The number of aliphatic carboxylic acids is 1. The molecule has 1 aromatic heterocycles. The zero-order chi connectivity index (χ0) is 22.7. The number of aromatic nitrogens is 2. The van der Waals surface area contributed by atoms with Crippen LogP contribution in [0.5, 0.6) is 11.6 Å². The van der Waals surface area contributed by atoms with Crippen LogP contribution in [0, 0.1) is 23.4 Å². The Labute approximate surface area is 182 Å². The van der Waals surface area contributed by atoms with Crippen molar-refractivity contribution in [2.45, 2.75) is 19.3 Å². The van der Waals surface area contributed by atoms with Gasteiger partial charge in [0.1, 0.15) is 28.9 Å². The highest BCUT2D eigenvalue weighted by atomic mass is 19.1. The minimum Gasteiger partial charge on any atom is -0.481 e. The number of carboxylic acid groups (broad SMARTS) is 1. The number of ether oxygens (including phenoxy) is 1. The van der Waals surface area contributed by atoms with E-state index in [0.29, 0.717) is 31.7 Å². The Bertz CT molecular complexity index is 1090. The third-order valence-corrected chi connectivity index (χ3v) is 5.36. The van der Waals surface area contributed by atoms with Crippen LogP contribution in [0.2, 0.25) is 0 Å². The van der Waals surface area contributed by atoms with Gasteiger partial charge in [0.15, 0.2) is 0 Å². The molecule has 2 aromatic carbocycles. The summed E-state index contributed by atoms with van der Waals surface area (Å²) in [5, 5.41) is 8.92. The van der Waals surface area contributed by atoms with Crippen LogP contribution in [-0.4, -0.2) is 34.1 Å². The molecule has 9 heteroatoms. The number of hydrogen-bond donors (Lipinski definition) is 1. The maximum Gasteiger partial charge on any atom is 0.303 e. The van der Waals surface area contributed by atoms with Gasteiger partial charge in [-0.25, -0.2) is 18.2 Å². The van der Waals surface area contributed by atoms with Crippen molar-refractivity contribution in [3.63, 3.8) is 0 Å². The summed E-state index contributed by atoms with van der Waals surface area (Å²) in [4.78, 5) is 20.7. The van der Waals surface area contributed by atoms with Crippen LogP contribution in [0.4, 0.5) is 18.9 Å². The molecule has 1 N–H and O–H groups in total. The second-order valence-corrected chi connectivity index (χ2v) is 7.62. The van der Waals surface area contributed by atoms with Gasteiger partial charge in [0, 0.05) is 25.1 Å². The second-order valence-electron chi connectivity index (χ2n) is 7.62. The number of carboxylic acids is 1. The first-order chi connectivity index (χ1) is 15.4. The SMILES string of the molecule is O=C(O)CC1CCN(c2c(F)cc(-c3cncc(Oc4ccc(F)cc4)n3)cc2F)CC1. The average molecular weight is 443 g/mol. The molecule has 0 bridgehead atoms. The Morgan fingerprint density at radius 1 is 1.06 bits per heavy atom. The Kier molecular flexibility index (Phi) is 6.25. The zero-order valence-electron chi connectivity index (χ0n) is 17.0. The molecule has 0 spiro atoms. The van der Waals surface area contributed by atoms with Gasteiger partial charge in [0.2, 0.25) is 5.88 Å². The van der Waals surface area contributed by atoms with E-state index in [4.69, 9.17) is 9.84 Å². The van der Waals surface area contributed by atoms with Crippen LogP contribution >= 0.6 is 0 Å². The Hall–Kier alpha value is -3.62. The van der Waals surface area contributed by atoms with Gasteiger partial charge in [-0.05, 0) is 55.2 Å². The molecule has 2 heterocycles. The normalized spacial score (nSPS) is 14.4. The van der Waals surface area contributed by atoms with E-state index in [-0.39, 0.29) is 35.2 Å². The first-order valence-corrected chi connectivity index (χ1v) is 10.1. The molecule has 4 rings (SSSR count). The van der Waals surface area contributed by atoms with E-state index in [1.165, 1.54) is 48.8 Å². The monoisotopic (exact) mass is 443 g/mol. The predicted molar refractivity (Wildman–Crippen MR) is 111 cm³/mol. The fourth-order valence-corrected chi connectivity index (χ4v) is 3.78. The highest BCUT2D eigenvalue weighted by molar-refractivity contribution is 5.67. The van der Waals surface area contributed by atoms with Crippen LogP contribution in [0.15, 0.2) is 48.8 Å². The molecule has 1 aliphatic rings. The summed E-state index contributed by atoms with van der Waals surface area (Å²) in [5.41, 5.74) is 0.282. The van der Waals surface area contributed by atoms with Crippen molar-refractivity contribution >= 4 is 11.7 Å². The summed E-state index contributed by atoms with van der Waals surface area (Å²) in [6.07, 6.45) is 3.88. The largest absolute Gasteiger partial charge is 0.481 e. The molecule has 0 atom stereocenters. The van der Waals surface area contributed by atoms with Crippen LogP contribution in [0.3, 0.4) is 0 Å². The van der Waals surface area contributed by atoms with Crippen molar-refractivity contribution in [2.75, 3.05) is 18.0 Å². The number of carbonyl (C=O) groups is 1. The van der Waals surface area contributed by atoms with Gasteiger partial charge in [-0.15, -0.1) is 0 Å². The number of anilines is 1. The Morgan fingerprint density at radius 3 is 2.34 bits per heavy atom. The molecule has 0 amide bonds. The summed E-state index contributed by atoms with van der Waals surface area (Å²) in [5.74, 6) is -2.29. The van der Waals surface area contributed by atoms with Gasteiger partial charge < -0.3 is 14.7 Å². The van der Waals surface area contributed by atoms with Crippen molar-refractivity contribution in [1.82, 2.24) is 9.97 Å². The molecule has 166 valence electrons. The van der Waals surface area contributed by atoms with E-state index < -0.39 is 23.4 Å². The van der Waals surface area contributed by atoms with Crippen molar-refractivity contribution in [1.29, 1.82) is 0 Å². The molecule has 32 heavy (non-hydrogen) atoms. The van der Waals surface area contributed by atoms with Gasteiger partial charge in [-0.1, -0.05) is 0 Å². The average Bonchev–Trinajstić information content (AvgIpc) is 2.76. The molecule has 0 unspecified atom stereocenters. The summed E-state index contributed by atoms with van der Waals surface area (Å²) < 4.78 is 48.3. The fourth-order valence-electron chi connectivity index (χ4n) is 3.78.